The standard InChI is InChI=1S/C26H26FN5O/c27-22-11-9-21(10-12-22)26-29-23(20-6-2-1-3-7-20)18-32(26)19-25(33)31-16-14-30(15-17-31)24-8-4-5-13-28-24/h1-13,18,25,33H,14-17,19H2. The Bertz CT molecular complexity index is 1170. The highest BCUT2D eigenvalue weighted by Gasteiger charge is 2.24. The molecule has 0 spiro atoms. The number of rotatable bonds is 6. The van der Waals surface area contributed by atoms with Crippen LogP contribution in [-0.4, -0.2) is 56.9 Å². The van der Waals surface area contributed by atoms with Crippen molar-refractivity contribution in [2.75, 3.05) is 31.1 Å². The van der Waals surface area contributed by atoms with Gasteiger partial charge in [-0.1, -0.05) is 36.4 Å². The fourth-order valence-corrected chi connectivity index (χ4v) is 4.21. The first-order valence-corrected chi connectivity index (χ1v) is 11.1. The van der Waals surface area contributed by atoms with E-state index in [0.29, 0.717) is 12.4 Å². The highest BCUT2D eigenvalue weighted by atomic mass is 19.1. The second-order valence-corrected chi connectivity index (χ2v) is 8.17. The van der Waals surface area contributed by atoms with Gasteiger partial charge in [0.2, 0.25) is 0 Å². The molecule has 33 heavy (non-hydrogen) atoms. The van der Waals surface area contributed by atoms with Crippen LogP contribution in [0, 0.1) is 5.82 Å². The zero-order chi connectivity index (χ0) is 22.6. The SMILES string of the molecule is OC(Cn1cc(-c2ccccc2)nc1-c1ccc(F)cc1)N1CCN(c2ccccn2)CC1. The number of nitrogens with zero attached hydrogens (tertiary/aromatic N) is 5. The normalized spacial score (nSPS) is 15.5. The summed E-state index contributed by atoms with van der Waals surface area (Å²) in [5, 5.41) is 11.1. The van der Waals surface area contributed by atoms with Crippen LogP contribution in [0.25, 0.3) is 22.6 Å². The lowest BCUT2D eigenvalue weighted by atomic mass is 10.2. The van der Waals surface area contributed by atoms with Gasteiger partial charge in [0.05, 0.1) is 12.2 Å². The number of benzene rings is 2. The highest BCUT2D eigenvalue weighted by molar-refractivity contribution is 5.65. The van der Waals surface area contributed by atoms with Crippen LogP contribution in [0.15, 0.2) is 85.2 Å². The molecule has 1 saturated heterocycles. The maximum atomic E-state index is 13.5. The van der Waals surface area contributed by atoms with Crippen LogP contribution >= 0.6 is 0 Å². The van der Waals surface area contributed by atoms with Crippen molar-refractivity contribution >= 4 is 5.82 Å². The Kier molecular flexibility index (Phi) is 6.15. The maximum absolute atomic E-state index is 13.5. The first-order chi connectivity index (χ1) is 16.2. The summed E-state index contributed by atoms with van der Waals surface area (Å²) in [4.78, 5) is 13.6. The summed E-state index contributed by atoms with van der Waals surface area (Å²) >= 11 is 0. The molecule has 1 fully saturated rings. The van der Waals surface area contributed by atoms with Crippen LogP contribution in [0.5, 0.6) is 0 Å². The van der Waals surface area contributed by atoms with E-state index in [0.717, 1.165) is 48.8 Å². The van der Waals surface area contributed by atoms with Gasteiger partial charge in [-0.15, -0.1) is 0 Å². The molecule has 7 heteroatoms. The number of aromatic nitrogens is 3. The van der Waals surface area contributed by atoms with Crippen molar-refractivity contribution in [2.24, 2.45) is 0 Å². The Morgan fingerprint density at radius 3 is 2.27 bits per heavy atom. The van der Waals surface area contributed by atoms with Gasteiger partial charge in [0.25, 0.3) is 0 Å². The average molecular weight is 444 g/mol. The van der Waals surface area contributed by atoms with Crippen molar-refractivity contribution < 1.29 is 9.50 Å². The minimum Gasteiger partial charge on any atom is -0.376 e. The van der Waals surface area contributed by atoms with E-state index < -0.39 is 6.23 Å². The van der Waals surface area contributed by atoms with Crippen LogP contribution in [0.3, 0.4) is 0 Å². The van der Waals surface area contributed by atoms with Crippen molar-refractivity contribution in [1.82, 2.24) is 19.4 Å². The fourth-order valence-electron chi connectivity index (χ4n) is 4.21. The highest BCUT2D eigenvalue weighted by Crippen LogP contribution is 2.26. The van der Waals surface area contributed by atoms with Gasteiger partial charge in [0.15, 0.2) is 0 Å². The van der Waals surface area contributed by atoms with E-state index >= 15 is 0 Å². The van der Waals surface area contributed by atoms with E-state index in [1.807, 2.05) is 59.3 Å². The zero-order valence-corrected chi connectivity index (χ0v) is 18.3. The molecule has 1 atom stereocenters. The number of anilines is 1. The zero-order valence-electron chi connectivity index (χ0n) is 18.3. The van der Waals surface area contributed by atoms with E-state index in [1.165, 1.54) is 12.1 Å². The van der Waals surface area contributed by atoms with E-state index in [9.17, 15) is 9.50 Å². The number of aliphatic hydroxyl groups excluding tert-OH is 1. The lowest BCUT2D eigenvalue weighted by Crippen LogP contribution is -2.51. The van der Waals surface area contributed by atoms with Crippen molar-refractivity contribution in [2.45, 2.75) is 12.8 Å². The molecule has 0 bridgehead atoms. The minimum absolute atomic E-state index is 0.286. The van der Waals surface area contributed by atoms with Crippen molar-refractivity contribution in [3.63, 3.8) is 0 Å². The molecule has 1 N–H and O–H groups in total. The Balaban J connectivity index is 1.35. The molecular weight excluding hydrogens is 417 g/mol. The molecule has 168 valence electrons. The lowest BCUT2D eigenvalue weighted by molar-refractivity contribution is -0.0114. The second-order valence-electron chi connectivity index (χ2n) is 8.17. The smallest absolute Gasteiger partial charge is 0.140 e. The number of hydrogen-bond acceptors (Lipinski definition) is 5. The number of hydrogen-bond donors (Lipinski definition) is 1. The predicted molar refractivity (Wildman–Crippen MR) is 127 cm³/mol. The van der Waals surface area contributed by atoms with E-state index in [4.69, 9.17) is 4.98 Å². The van der Waals surface area contributed by atoms with Crippen LogP contribution < -0.4 is 4.90 Å². The molecule has 0 radical (unpaired) electrons. The first kappa shape index (κ1) is 21.3. The van der Waals surface area contributed by atoms with Gasteiger partial charge in [-0.25, -0.2) is 14.4 Å². The van der Waals surface area contributed by atoms with Crippen LogP contribution in [0.2, 0.25) is 0 Å². The van der Waals surface area contributed by atoms with Gasteiger partial charge in [-0.2, -0.15) is 0 Å². The van der Waals surface area contributed by atoms with Gasteiger partial charge < -0.3 is 14.6 Å². The Morgan fingerprint density at radius 2 is 1.58 bits per heavy atom. The van der Waals surface area contributed by atoms with Crippen molar-refractivity contribution in [3.8, 4) is 22.6 Å². The Hall–Kier alpha value is -3.55. The number of imidazole rings is 1. The summed E-state index contributed by atoms with van der Waals surface area (Å²) in [6.07, 6.45) is 3.10. The average Bonchev–Trinajstić information content (AvgIpc) is 3.29. The van der Waals surface area contributed by atoms with Crippen molar-refractivity contribution in [1.29, 1.82) is 0 Å². The van der Waals surface area contributed by atoms with E-state index in [1.54, 1.807) is 18.3 Å². The third-order valence-corrected chi connectivity index (χ3v) is 6.02. The van der Waals surface area contributed by atoms with Crippen LogP contribution in [-0.2, 0) is 6.54 Å². The summed E-state index contributed by atoms with van der Waals surface area (Å²) in [5.41, 5.74) is 2.63. The summed E-state index contributed by atoms with van der Waals surface area (Å²) in [6, 6.07) is 22.2. The lowest BCUT2D eigenvalue weighted by Gasteiger charge is -2.37. The fraction of sp³-hybridized carbons (Fsp3) is 0.231. The molecule has 2 aromatic carbocycles. The predicted octanol–water partition coefficient (Wildman–Crippen LogP) is 3.89. The second kappa shape index (κ2) is 9.52. The minimum atomic E-state index is -0.659. The van der Waals surface area contributed by atoms with E-state index in [-0.39, 0.29) is 5.82 Å². The molecule has 0 saturated carbocycles. The number of aliphatic hydroxyl groups is 1. The molecule has 4 aromatic rings. The quantitative estimate of drug-likeness (QED) is 0.490. The largest absolute Gasteiger partial charge is 0.376 e. The monoisotopic (exact) mass is 443 g/mol. The summed E-state index contributed by atoms with van der Waals surface area (Å²) in [5.74, 6) is 1.39. The molecule has 3 heterocycles. The van der Waals surface area contributed by atoms with Gasteiger partial charge in [-0.05, 0) is 36.4 Å². The third-order valence-electron chi connectivity index (χ3n) is 6.02. The molecule has 1 aliphatic rings. The topological polar surface area (TPSA) is 57.4 Å². The molecular formula is C26H26FN5O. The van der Waals surface area contributed by atoms with Gasteiger partial charge in [0, 0.05) is 49.7 Å². The summed E-state index contributed by atoms with van der Waals surface area (Å²) < 4.78 is 15.5. The maximum Gasteiger partial charge on any atom is 0.140 e. The Morgan fingerprint density at radius 1 is 0.848 bits per heavy atom. The Labute approximate surface area is 192 Å². The van der Waals surface area contributed by atoms with E-state index in [2.05, 4.69) is 14.8 Å². The molecule has 5 rings (SSSR count). The first-order valence-electron chi connectivity index (χ1n) is 11.1. The third kappa shape index (κ3) is 4.79. The van der Waals surface area contributed by atoms with Crippen LogP contribution in [0.4, 0.5) is 10.2 Å². The molecule has 0 aliphatic carbocycles. The number of pyridine rings is 1. The molecule has 6 nitrogen and oxygen atoms in total. The summed E-state index contributed by atoms with van der Waals surface area (Å²) in [7, 11) is 0. The molecule has 2 aromatic heterocycles. The number of piperazine rings is 1. The van der Waals surface area contributed by atoms with Crippen molar-refractivity contribution in [3.05, 3.63) is 91.0 Å². The molecule has 0 amide bonds. The molecule has 1 aliphatic heterocycles. The summed E-state index contributed by atoms with van der Waals surface area (Å²) in [6.45, 7) is 3.46. The van der Waals surface area contributed by atoms with Crippen LogP contribution in [0.1, 0.15) is 0 Å². The number of halogens is 1. The van der Waals surface area contributed by atoms with Gasteiger partial charge >= 0.3 is 0 Å². The van der Waals surface area contributed by atoms with Gasteiger partial charge in [-0.3, -0.25) is 4.90 Å². The molecule has 1 unspecified atom stereocenters. The van der Waals surface area contributed by atoms with Gasteiger partial charge in [0.1, 0.15) is 23.7 Å².